The molecule has 0 spiro atoms. The summed E-state index contributed by atoms with van der Waals surface area (Å²) in [4.78, 5) is 16.1. The van der Waals surface area contributed by atoms with Crippen LogP contribution in [0.15, 0.2) is 76.1 Å². The molecule has 0 atom stereocenters. The Morgan fingerprint density at radius 1 is 0.963 bits per heavy atom. The number of hydrogen-bond donors (Lipinski definition) is 1. The highest BCUT2D eigenvalue weighted by Gasteiger charge is 2.20. The topological polar surface area (TPSA) is 88.6 Å². The monoisotopic (exact) mass is 396 g/mol. The molecule has 4 rings (SSSR count). The zero-order valence-electron chi connectivity index (χ0n) is 14.5. The molecular formula is C19H16N4O2S2. The Balaban J connectivity index is 1.65. The summed E-state index contributed by atoms with van der Waals surface area (Å²) in [5.41, 5.74) is 2.48. The van der Waals surface area contributed by atoms with E-state index in [0.717, 1.165) is 21.7 Å². The van der Waals surface area contributed by atoms with Crippen LogP contribution in [-0.4, -0.2) is 34.6 Å². The van der Waals surface area contributed by atoms with Crippen LogP contribution in [0, 0.1) is 0 Å². The lowest BCUT2D eigenvalue weighted by Crippen LogP contribution is -2.01. The molecule has 0 unspecified atom stereocenters. The molecule has 3 aromatic heterocycles. The lowest BCUT2D eigenvalue weighted by atomic mass is 10.1. The Hall–Kier alpha value is -2.71. The van der Waals surface area contributed by atoms with Crippen molar-refractivity contribution >= 4 is 32.6 Å². The highest BCUT2D eigenvalue weighted by molar-refractivity contribution is 7.98. The highest BCUT2D eigenvalue weighted by atomic mass is 32.2. The number of hydrogen-bond acceptors (Lipinski definition) is 6. The summed E-state index contributed by atoms with van der Waals surface area (Å²) in [5.74, 6) is 0. The number of benzene rings is 1. The Morgan fingerprint density at radius 2 is 1.67 bits per heavy atom. The molecular weight excluding hydrogens is 380 g/mol. The number of sulfone groups is 1. The van der Waals surface area contributed by atoms with Crippen LogP contribution >= 0.6 is 11.8 Å². The van der Waals surface area contributed by atoms with Crippen molar-refractivity contribution in [2.24, 2.45) is 0 Å². The van der Waals surface area contributed by atoms with Crippen LogP contribution < -0.4 is 0 Å². The molecule has 0 bridgehead atoms. The van der Waals surface area contributed by atoms with E-state index in [4.69, 9.17) is 0 Å². The Bertz CT molecular complexity index is 1190. The molecule has 0 aliphatic carbocycles. The Labute approximate surface area is 161 Å². The van der Waals surface area contributed by atoms with Gasteiger partial charge in [0, 0.05) is 30.4 Å². The second-order valence-electron chi connectivity index (χ2n) is 5.99. The summed E-state index contributed by atoms with van der Waals surface area (Å²) in [5, 5.41) is 1.62. The lowest BCUT2D eigenvalue weighted by molar-refractivity contribution is 0.593. The summed E-state index contributed by atoms with van der Waals surface area (Å²) in [6, 6.07) is 11.9. The van der Waals surface area contributed by atoms with Gasteiger partial charge in [0.25, 0.3) is 0 Å². The van der Waals surface area contributed by atoms with E-state index in [1.54, 1.807) is 55.0 Å². The van der Waals surface area contributed by atoms with Crippen molar-refractivity contribution in [2.45, 2.75) is 21.5 Å². The SMILES string of the molecule is CSc1ncc(Cc2cnc3[nH]c(S(=O)(=O)c4ccccc4)cc3c2)cn1. The van der Waals surface area contributed by atoms with Crippen molar-refractivity contribution in [1.82, 2.24) is 19.9 Å². The number of aromatic nitrogens is 4. The molecule has 0 radical (unpaired) electrons. The molecule has 1 aromatic carbocycles. The third-order valence-electron chi connectivity index (χ3n) is 4.12. The molecule has 0 aliphatic rings. The molecule has 6 nitrogen and oxygen atoms in total. The van der Waals surface area contributed by atoms with E-state index in [9.17, 15) is 8.42 Å². The smallest absolute Gasteiger partial charge is 0.221 e. The van der Waals surface area contributed by atoms with E-state index < -0.39 is 9.84 Å². The average Bonchev–Trinajstić information content (AvgIpc) is 3.13. The number of fused-ring (bicyclic) bond motifs is 1. The van der Waals surface area contributed by atoms with Crippen molar-refractivity contribution in [2.75, 3.05) is 6.26 Å². The van der Waals surface area contributed by atoms with Gasteiger partial charge < -0.3 is 4.98 Å². The zero-order chi connectivity index (χ0) is 18.9. The third-order valence-corrected chi connectivity index (χ3v) is 6.39. The van der Waals surface area contributed by atoms with Crippen LogP contribution in [-0.2, 0) is 16.3 Å². The van der Waals surface area contributed by atoms with E-state index in [-0.39, 0.29) is 9.92 Å². The first-order valence-corrected chi connectivity index (χ1v) is 10.9. The van der Waals surface area contributed by atoms with Crippen molar-refractivity contribution in [1.29, 1.82) is 0 Å². The van der Waals surface area contributed by atoms with Crippen LogP contribution in [0.3, 0.4) is 0 Å². The molecule has 0 fully saturated rings. The second-order valence-corrected chi connectivity index (χ2v) is 8.68. The number of thioether (sulfide) groups is 1. The van der Waals surface area contributed by atoms with E-state index in [2.05, 4.69) is 19.9 Å². The van der Waals surface area contributed by atoms with Gasteiger partial charge in [0.15, 0.2) is 5.16 Å². The third kappa shape index (κ3) is 3.58. The standard InChI is InChI=1S/C19H16N4O2S2/c1-26-19-21-11-14(12-22-19)7-13-8-15-9-17(23-18(15)20-10-13)27(24,25)16-5-3-2-4-6-16/h2-6,8-12H,7H2,1H3,(H,20,23). The Kier molecular flexibility index (Phi) is 4.67. The minimum absolute atomic E-state index is 0.140. The fourth-order valence-electron chi connectivity index (χ4n) is 2.78. The summed E-state index contributed by atoms with van der Waals surface area (Å²) in [6.07, 6.45) is 7.89. The molecule has 8 heteroatoms. The summed E-state index contributed by atoms with van der Waals surface area (Å²) >= 11 is 1.49. The average molecular weight is 396 g/mol. The van der Waals surface area contributed by atoms with Crippen LogP contribution in [0.25, 0.3) is 11.0 Å². The molecule has 4 aromatic rings. The first-order chi connectivity index (χ1) is 13.1. The van der Waals surface area contributed by atoms with Gasteiger partial charge >= 0.3 is 0 Å². The number of rotatable bonds is 5. The van der Waals surface area contributed by atoms with E-state index in [1.807, 2.05) is 12.3 Å². The maximum atomic E-state index is 12.8. The van der Waals surface area contributed by atoms with Crippen molar-refractivity contribution in [3.8, 4) is 0 Å². The summed E-state index contributed by atoms with van der Waals surface area (Å²) < 4.78 is 25.5. The first-order valence-electron chi connectivity index (χ1n) is 8.19. The largest absolute Gasteiger partial charge is 0.330 e. The van der Waals surface area contributed by atoms with E-state index >= 15 is 0 Å². The molecule has 0 saturated heterocycles. The predicted octanol–water partition coefficient (Wildman–Crippen LogP) is 3.50. The fraction of sp³-hybridized carbons (Fsp3) is 0.105. The molecule has 3 heterocycles. The maximum absolute atomic E-state index is 12.8. The van der Waals surface area contributed by atoms with Crippen LogP contribution in [0.5, 0.6) is 0 Å². The number of H-pyrrole nitrogens is 1. The lowest BCUT2D eigenvalue weighted by Gasteiger charge is -2.02. The first kappa shape index (κ1) is 17.7. The van der Waals surface area contributed by atoms with Gasteiger partial charge in [0.2, 0.25) is 9.84 Å². The van der Waals surface area contributed by atoms with Crippen molar-refractivity contribution in [3.05, 3.63) is 72.2 Å². The van der Waals surface area contributed by atoms with Crippen molar-refractivity contribution < 1.29 is 8.42 Å². The minimum atomic E-state index is -3.60. The maximum Gasteiger partial charge on any atom is 0.221 e. The number of pyridine rings is 1. The van der Waals surface area contributed by atoms with Gasteiger partial charge in [-0.2, -0.15) is 0 Å². The van der Waals surface area contributed by atoms with E-state index in [1.165, 1.54) is 11.8 Å². The Morgan fingerprint density at radius 3 is 2.37 bits per heavy atom. The van der Waals surface area contributed by atoms with Gasteiger partial charge in [0.1, 0.15) is 10.7 Å². The van der Waals surface area contributed by atoms with Gasteiger partial charge in [-0.3, -0.25) is 0 Å². The number of nitrogens with zero attached hydrogens (tertiary/aromatic N) is 3. The van der Waals surface area contributed by atoms with Crippen LogP contribution in [0.2, 0.25) is 0 Å². The summed E-state index contributed by atoms with van der Waals surface area (Å²) in [6.45, 7) is 0. The van der Waals surface area contributed by atoms with E-state index in [0.29, 0.717) is 12.1 Å². The molecule has 136 valence electrons. The normalized spacial score (nSPS) is 11.7. The van der Waals surface area contributed by atoms with Gasteiger partial charge in [-0.05, 0) is 41.6 Å². The minimum Gasteiger partial charge on any atom is -0.330 e. The molecule has 0 amide bonds. The number of nitrogens with one attached hydrogen (secondary N) is 1. The highest BCUT2D eigenvalue weighted by Crippen LogP contribution is 2.24. The quantitative estimate of drug-likeness (QED) is 0.410. The number of aromatic amines is 1. The van der Waals surface area contributed by atoms with Gasteiger partial charge in [-0.25, -0.2) is 23.4 Å². The fourth-order valence-corrected chi connectivity index (χ4v) is 4.38. The molecule has 0 saturated carbocycles. The molecule has 1 N–H and O–H groups in total. The van der Waals surface area contributed by atoms with Crippen molar-refractivity contribution in [3.63, 3.8) is 0 Å². The predicted molar refractivity (Wildman–Crippen MR) is 105 cm³/mol. The van der Waals surface area contributed by atoms with Gasteiger partial charge in [-0.1, -0.05) is 30.0 Å². The summed E-state index contributed by atoms with van der Waals surface area (Å²) in [7, 11) is -3.60. The molecule has 0 aliphatic heterocycles. The van der Waals surface area contributed by atoms with Crippen LogP contribution in [0.1, 0.15) is 11.1 Å². The van der Waals surface area contributed by atoms with Gasteiger partial charge in [-0.15, -0.1) is 0 Å². The van der Waals surface area contributed by atoms with Crippen LogP contribution in [0.4, 0.5) is 0 Å². The molecule has 27 heavy (non-hydrogen) atoms. The van der Waals surface area contributed by atoms with Gasteiger partial charge in [0.05, 0.1) is 4.90 Å². The second kappa shape index (κ2) is 7.13. The zero-order valence-corrected chi connectivity index (χ0v) is 16.1.